The zero-order valence-corrected chi connectivity index (χ0v) is 11.9. The lowest BCUT2D eigenvalue weighted by atomic mass is 10.1. The first kappa shape index (κ1) is 14.0. The van der Waals surface area contributed by atoms with Crippen molar-refractivity contribution in [1.29, 1.82) is 0 Å². The second-order valence-electron chi connectivity index (χ2n) is 4.49. The number of nitrogens with zero attached hydrogens (tertiary/aromatic N) is 4. The van der Waals surface area contributed by atoms with Crippen LogP contribution in [0.15, 0.2) is 30.6 Å². The summed E-state index contributed by atoms with van der Waals surface area (Å²) in [5, 5.41) is 0.767. The second kappa shape index (κ2) is 5.78. The SMILES string of the molecule is CCOc1ncc(-c2ccc3nc(N)nc(NN)c3c2)cn1. The summed E-state index contributed by atoms with van der Waals surface area (Å²) in [7, 11) is 0. The molecule has 5 N–H and O–H groups in total. The fraction of sp³-hybridized carbons (Fsp3) is 0.143. The first-order chi connectivity index (χ1) is 10.7. The highest BCUT2D eigenvalue weighted by molar-refractivity contribution is 5.93. The van der Waals surface area contributed by atoms with Crippen LogP contribution >= 0.6 is 0 Å². The van der Waals surface area contributed by atoms with Gasteiger partial charge in [-0.3, -0.25) is 0 Å². The van der Waals surface area contributed by atoms with Gasteiger partial charge in [0.25, 0.3) is 0 Å². The van der Waals surface area contributed by atoms with Crippen LogP contribution in [0.4, 0.5) is 11.8 Å². The van der Waals surface area contributed by atoms with E-state index in [0.29, 0.717) is 24.0 Å². The smallest absolute Gasteiger partial charge is 0.316 e. The summed E-state index contributed by atoms with van der Waals surface area (Å²) >= 11 is 0. The van der Waals surface area contributed by atoms with Crippen LogP contribution in [-0.4, -0.2) is 26.5 Å². The van der Waals surface area contributed by atoms with Crippen LogP contribution in [0, 0.1) is 0 Å². The monoisotopic (exact) mass is 297 g/mol. The first-order valence-electron chi connectivity index (χ1n) is 6.70. The van der Waals surface area contributed by atoms with Gasteiger partial charge in [-0.15, -0.1) is 0 Å². The predicted molar refractivity (Wildman–Crippen MR) is 84.0 cm³/mol. The number of nitrogen functional groups attached to an aromatic ring is 2. The average Bonchev–Trinajstić information content (AvgIpc) is 2.54. The molecule has 0 saturated heterocycles. The minimum atomic E-state index is 0.164. The lowest BCUT2D eigenvalue weighted by molar-refractivity contribution is 0.312. The van der Waals surface area contributed by atoms with E-state index in [1.807, 2.05) is 25.1 Å². The molecule has 0 bridgehead atoms. The Hall–Kier alpha value is -3.00. The zero-order chi connectivity index (χ0) is 15.5. The predicted octanol–water partition coefficient (Wildman–Crippen LogP) is 1.35. The molecule has 2 heterocycles. The van der Waals surface area contributed by atoms with Gasteiger partial charge in [0.15, 0.2) is 5.82 Å². The number of nitrogens with one attached hydrogen (secondary N) is 1. The Morgan fingerprint density at radius 3 is 2.59 bits per heavy atom. The van der Waals surface area contributed by atoms with Crippen molar-refractivity contribution in [3.05, 3.63) is 30.6 Å². The Morgan fingerprint density at radius 1 is 1.14 bits per heavy atom. The van der Waals surface area contributed by atoms with Gasteiger partial charge in [-0.25, -0.2) is 20.8 Å². The molecule has 8 heteroatoms. The third-order valence-electron chi connectivity index (χ3n) is 3.08. The summed E-state index contributed by atoms with van der Waals surface area (Å²) in [4.78, 5) is 16.6. The molecule has 0 atom stereocenters. The molecule has 1 aromatic carbocycles. The summed E-state index contributed by atoms with van der Waals surface area (Å²) in [5.74, 6) is 6.12. The quantitative estimate of drug-likeness (QED) is 0.487. The van der Waals surface area contributed by atoms with Crippen molar-refractivity contribution in [3.8, 4) is 17.1 Å². The Balaban J connectivity index is 2.06. The molecule has 0 unspecified atom stereocenters. The maximum absolute atomic E-state index is 5.64. The molecular weight excluding hydrogens is 282 g/mol. The van der Waals surface area contributed by atoms with Crippen molar-refractivity contribution < 1.29 is 4.74 Å². The van der Waals surface area contributed by atoms with E-state index in [4.69, 9.17) is 16.3 Å². The van der Waals surface area contributed by atoms with Gasteiger partial charge < -0.3 is 15.9 Å². The van der Waals surface area contributed by atoms with E-state index in [-0.39, 0.29) is 5.95 Å². The molecule has 3 rings (SSSR count). The number of rotatable bonds is 4. The highest BCUT2D eigenvalue weighted by atomic mass is 16.5. The molecule has 22 heavy (non-hydrogen) atoms. The van der Waals surface area contributed by atoms with E-state index in [9.17, 15) is 0 Å². The van der Waals surface area contributed by atoms with Gasteiger partial charge in [0.05, 0.1) is 12.1 Å². The van der Waals surface area contributed by atoms with Gasteiger partial charge in [0, 0.05) is 23.3 Å². The molecular formula is C14H15N7O. The molecule has 2 aromatic heterocycles. The Labute approximate surface area is 126 Å². The van der Waals surface area contributed by atoms with Crippen molar-refractivity contribution in [3.63, 3.8) is 0 Å². The third-order valence-corrected chi connectivity index (χ3v) is 3.08. The Kier molecular flexibility index (Phi) is 3.67. The maximum atomic E-state index is 5.64. The number of aromatic nitrogens is 4. The fourth-order valence-corrected chi connectivity index (χ4v) is 2.10. The van der Waals surface area contributed by atoms with E-state index in [2.05, 4.69) is 25.4 Å². The number of hydrogen-bond donors (Lipinski definition) is 3. The van der Waals surface area contributed by atoms with Crippen LogP contribution in [0.2, 0.25) is 0 Å². The number of nitrogens with two attached hydrogens (primary N) is 2. The van der Waals surface area contributed by atoms with E-state index in [1.54, 1.807) is 12.4 Å². The molecule has 8 nitrogen and oxygen atoms in total. The molecule has 0 aliphatic carbocycles. The summed E-state index contributed by atoms with van der Waals surface area (Å²) in [6, 6.07) is 6.02. The fourth-order valence-electron chi connectivity index (χ4n) is 2.10. The minimum absolute atomic E-state index is 0.164. The molecule has 0 amide bonds. The van der Waals surface area contributed by atoms with Crippen LogP contribution in [0.3, 0.4) is 0 Å². The number of hydrazine groups is 1. The van der Waals surface area contributed by atoms with Crippen molar-refractivity contribution in [2.24, 2.45) is 5.84 Å². The van der Waals surface area contributed by atoms with Gasteiger partial charge in [-0.2, -0.15) is 4.98 Å². The average molecular weight is 297 g/mol. The van der Waals surface area contributed by atoms with Crippen LogP contribution in [0.5, 0.6) is 6.01 Å². The van der Waals surface area contributed by atoms with E-state index in [1.165, 1.54) is 0 Å². The van der Waals surface area contributed by atoms with Gasteiger partial charge in [-0.05, 0) is 24.6 Å². The highest BCUT2D eigenvalue weighted by Crippen LogP contribution is 2.27. The topological polar surface area (TPSA) is 125 Å². The molecule has 0 saturated carbocycles. The van der Waals surface area contributed by atoms with Gasteiger partial charge in [0.1, 0.15) is 0 Å². The van der Waals surface area contributed by atoms with Gasteiger partial charge in [0.2, 0.25) is 5.95 Å². The molecule has 0 fully saturated rings. The van der Waals surface area contributed by atoms with Gasteiger partial charge >= 0.3 is 6.01 Å². The van der Waals surface area contributed by atoms with Crippen LogP contribution < -0.4 is 21.7 Å². The van der Waals surface area contributed by atoms with Crippen LogP contribution in [0.1, 0.15) is 6.92 Å². The van der Waals surface area contributed by atoms with E-state index >= 15 is 0 Å². The van der Waals surface area contributed by atoms with Crippen molar-refractivity contribution in [2.45, 2.75) is 6.92 Å². The number of fused-ring (bicyclic) bond motifs is 1. The van der Waals surface area contributed by atoms with E-state index in [0.717, 1.165) is 16.5 Å². The molecule has 0 aliphatic rings. The normalized spacial score (nSPS) is 10.6. The lowest BCUT2D eigenvalue weighted by Crippen LogP contribution is -2.11. The number of hydrogen-bond acceptors (Lipinski definition) is 8. The Morgan fingerprint density at radius 2 is 1.91 bits per heavy atom. The lowest BCUT2D eigenvalue weighted by Gasteiger charge is -2.08. The largest absolute Gasteiger partial charge is 0.464 e. The van der Waals surface area contributed by atoms with Crippen LogP contribution in [0.25, 0.3) is 22.0 Å². The number of anilines is 2. The maximum Gasteiger partial charge on any atom is 0.316 e. The molecule has 0 spiro atoms. The molecule has 0 radical (unpaired) electrons. The van der Waals surface area contributed by atoms with Crippen molar-refractivity contribution in [2.75, 3.05) is 17.8 Å². The number of ether oxygens (including phenoxy) is 1. The minimum Gasteiger partial charge on any atom is -0.464 e. The third kappa shape index (κ3) is 2.59. The summed E-state index contributed by atoms with van der Waals surface area (Å²) < 4.78 is 5.23. The summed E-state index contributed by atoms with van der Waals surface area (Å²) in [5.41, 5.74) is 10.6. The van der Waals surface area contributed by atoms with Crippen LogP contribution in [-0.2, 0) is 0 Å². The highest BCUT2D eigenvalue weighted by Gasteiger charge is 2.08. The van der Waals surface area contributed by atoms with Gasteiger partial charge in [-0.1, -0.05) is 6.07 Å². The molecule has 0 aliphatic heterocycles. The van der Waals surface area contributed by atoms with Crippen molar-refractivity contribution >= 4 is 22.7 Å². The van der Waals surface area contributed by atoms with Crippen molar-refractivity contribution in [1.82, 2.24) is 19.9 Å². The standard InChI is InChI=1S/C14H15N7O/c1-2-22-14-17-6-9(7-18-14)8-3-4-11-10(5-8)12(21-16)20-13(15)19-11/h3-7H,2,16H2,1H3,(H3,15,19,20,21). The summed E-state index contributed by atoms with van der Waals surface area (Å²) in [6.07, 6.45) is 3.40. The van der Waals surface area contributed by atoms with E-state index < -0.39 is 0 Å². The first-order valence-corrected chi connectivity index (χ1v) is 6.70. The molecule has 3 aromatic rings. The zero-order valence-electron chi connectivity index (χ0n) is 11.9. The number of benzene rings is 1. The Bertz CT molecular complexity index is 804. The molecule has 112 valence electrons. The summed E-state index contributed by atoms with van der Waals surface area (Å²) in [6.45, 7) is 2.41. The second-order valence-corrected chi connectivity index (χ2v) is 4.49.